The molecule has 15 heavy (non-hydrogen) atoms. The Kier molecular flexibility index (Phi) is 2.41. The summed E-state index contributed by atoms with van der Waals surface area (Å²) in [4.78, 5) is 3.92. The topological polar surface area (TPSA) is 43.8 Å². The predicted molar refractivity (Wildman–Crippen MR) is 56.9 cm³/mol. The normalized spacial score (nSPS) is 10.5. The zero-order valence-electron chi connectivity index (χ0n) is 8.44. The summed E-state index contributed by atoms with van der Waals surface area (Å²) in [6, 6.07) is 5.04. The van der Waals surface area contributed by atoms with Crippen LogP contribution in [0.15, 0.2) is 30.6 Å². The van der Waals surface area contributed by atoms with Gasteiger partial charge < -0.3 is 10.3 Å². The molecule has 1 aromatic carbocycles. The average Bonchev–Trinajstić information content (AvgIpc) is 2.59. The zero-order valence-corrected chi connectivity index (χ0v) is 8.44. The van der Waals surface area contributed by atoms with E-state index in [1.807, 2.05) is 10.6 Å². The highest BCUT2D eigenvalue weighted by Gasteiger charge is 2.02. The molecular formula is C11H12FN3. The lowest BCUT2D eigenvalue weighted by molar-refractivity contribution is 0.617. The molecular weight excluding hydrogens is 193 g/mol. The summed E-state index contributed by atoms with van der Waals surface area (Å²) in [5, 5.41) is 0. The van der Waals surface area contributed by atoms with Crippen molar-refractivity contribution in [2.24, 2.45) is 0 Å². The van der Waals surface area contributed by atoms with E-state index in [0.717, 1.165) is 5.56 Å². The van der Waals surface area contributed by atoms with E-state index < -0.39 is 0 Å². The predicted octanol–water partition coefficient (Wildman–Crippen LogP) is 1.96. The van der Waals surface area contributed by atoms with E-state index in [1.54, 1.807) is 25.4 Å². The molecule has 0 saturated carbocycles. The zero-order chi connectivity index (χ0) is 10.8. The molecule has 0 spiro atoms. The number of imidazole rings is 1. The van der Waals surface area contributed by atoms with Gasteiger partial charge in [0.05, 0.1) is 6.54 Å². The Hall–Kier alpha value is -1.84. The molecule has 0 fully saturated rings. The number of rotatable bonds is 2. The van der Waals surface area contributed by atoms with Crippen LogP contribution in [0.2, 0.25) is 0 Å². The SMILES string of the molecule is Cc1cc(Cn2ccnc2N)ccc1F. The largest absolute Gasteiger partial charge is 0.369 e. The van der Waals surface area contributed by atoms with Crippen molar-refractivity contribution in [2.75, 3.05) is 5.73 Å². The molecule has 0 aliphatic heterocycles. The maximum Gasteiger partial charge on any atom is 0.200 e. The maximum atomic E-state index is 13.0. The van der Waals surface area contributed by atoms with Crippen molar-refractivity contribution >= 4 is 5.95 Å². The van der Waals surface area contributed by atoms with Crippen molar-refractivity contribution in [2.45, 2.75) is 13.5 Å². The molecule has 2 rings (SSSR count). The molecule has 0 aliphatic carbocycles. The minimum absolute atomic E-state index is 0.183. The molecule has 0 saturated heterocycles. The van der Waals surface area contributed by atoms with Gasteiger partial charge in [0.15, 0.2) is 5.95 Å². The number of benzene rings is 1. The van der Waals surface area contributed by atoms with Gasteiger partial charge >= 0.3 is 0 Å². The van der Waals surface area contributed by atoms with Crippen molar-refractivity contribution in [3.8, 4) is 0 Å². The first-order chi connectivity index (χ1) is 7.16. The van der Waals surface area contributed by atoms with E-state index in [2.05, 4.69) is 4.98 Å². The number of anilines is 1. The molecule has 78 valence electrons. The number of nitrogen functional groups attached to an aromatic ring is 1. The van der Waals surface area contributed by atoms with Crippen molar-refractivity contribution < 1.29 is 4.39 Å². The number of aryl methyl sites for hydroxylation is 1. The minimum Gasteiger partial charge on any atom is -0.369 e. The Morgan fingerprint density at radius 2 is 2.27 bits per heavy atom. The number of hydrogen-bond donors (Lipinski definition) is 1. The monoisotopic (exact) mass is 205 g/mol. The first kappa shape index (κ1) is 9.71. The molecule has 0 amide bonds. The Morgan fingerprint density at radius 1 is 1.47 bits per heavy atom. The number of hydrogen-bond acceptors (Lipinski definition) is 2. The van der Waals surface area contributed by atoms with Gasteiger partial charge in [-0.1, -0.05) is 12.1 Å². The number of nitrogens with zero attached hydrogens (tertiary/aromatic N) is 2. The van der Waals surface area contributed by atoms with Crippen molar-refractivity contribution in [1.29, 1.82) is 0 Å². The minimum atomic E-state index is -0.183. The quantitative estimate of drug-likeness (QED) is 0.814. The van der Waals surface area contributed by atoms with Gasteiger partial charge in [-0.25, -0.2) is 9.37 Å². The van der Waals surface area contributed by atoms with Crippen LogP contribution in [0.4, 0.5) is 10.3 Å². The van der Waals surface area contributed by atoms with Gasteiger partial charge in [0.2, 0.25) is 0 Å². The van der Waals surface area contributed by atoms with E-state index in [1.165, 1.54) is 6.07 Å². The van der Waals surface area contributed by atoms with Crippen LogP contribution in [-0.4, -0.2) is 9.55 Å². The summed E-state index contributed by atoms with van der Waals surface area (Å²) in [6.45, 7) is 2.36. The molecule has 0 unspecified atom stereocenters. The Morgan fingerprint density at radius 3 is 2.87 bits per heavy atom. The number of aromatic nitrogens is 2. The van der Waals surface area contributed by atoms with Crippen LogP contribution in [0.25, 0.3) is 0 Å². The second kappa shape index (κ2) is 3.73. The molecule has 1 heterocycles. The standard InChI is InChI=1S/C11H12FN3/c1-8-6-9(2-3-10(8)12)7-15-5-4-14-11(15)13/h2-6H,7H2,1H3,(H2,13,14). The van der Waals surface area contributed by atoms with Crippen molar-refractivity contribution in [1.82, 2.24) is 9.55 Å². The smallest absolute Gasteiger partial charge is 0.200 e. The van der Waals surface area contributed by atoms with Crippen LogP contribution in [0.1, 0.15) is 11.1 Å². The summed E-state index contributed by atoms with van der Waals surface area (Å²) in [6.07, 6.45) is 3.44. The van der Waals surface area contributed by atoms with Gasteiger partial charge in [-0.2, -0.15) is 0 Å². The van der Waals surface area contributed by atoms with E-state index in [4.69, 9.17) is 5.73 Å². The molecule has 4 heteroatoms. The van der Waals surface area contributed by atoms with Crippen LogP contribution in [-0.2, 0) is 6.54 Å². The lowest BCUT2D eigenvalue weighted by atomic mass is 10.1. The number of halogens is 1. The summed E-state index contributed by atoms with van der Waals surface area (Å²) in [5.74, 6) is 0.286. The second-order valence-electron chi connectivity index (χ2n) is 3.50. The highest BCUT2D eigenvalue weighted by molar-refractivity contribution is 5.26. The van der Waals surface area contributed by atoms with Gasteiger partial charge in [0.25, 0.3) is 0 Å². The van der Waals surface area contributed by atoms with Crippen LogP contribution in [0, 0.1) is 12.7 Å². The summed E-state index contributed by atoms with van der Waals surface area (Å²) < 4.78 is 14.8. The summed E-state index contributed by atoms with van der Waals surface area (Å²) >= 11 is 0. The maximum absolute atomic E-state index is 13.0. The Labute approximate surface area is 87.4 Å². The lowest BCUT2D eigenvalue weighted by Gasteiger charge is -2.06. The molecule has 3 nitrogen and oxygen atoms in total. The van der Waals surface area contributed by atoms with Gasteiger partial charge in [0.1, 0.15) is 5.82 Å². The summed E-state index contributed by atoms with van der Waals surface area (Å²) in [7, 11) is 0. The lowest BCUT2D eigenvalue weighted by Crippen LogP contribution is -2.03. The average molecular weight is 205 g/mol. The van der Waals surface area contributed by atoms with Gasteiger partial charge in [-0.05, 0) is 24.1 Å². The Balaban J connectivity index is 2.25. The van der Waals surface area contributed by atoms with Crippen LogP contribution >= 0.6 is 0 Å². The first-order valence-corrected chi connectivity index (χ1v) is 4.68. The Bertz CT molecular complexity index is 476. The van der Waals surface area contributed by atoms with Gasteiger partial charge in [-0.3, -0.25) is 0 Å². The third kappa shape index (κ3) is 1.98. The second-order valence-corrected chi connectivity index (χ2v) is 3.50. The van der Waals surface area contributed by atoms with Gasteiger partial charge in [0, 0.05) is 12.4 Å². The van der Waals surface area contributed by atoms with Crippen LogP contribution < -0.4 is 5.73 Å². The third-order valence-electron chi connectivity index (χ3n) is 2.32. The van der Waals surface area contributed by atoms with Crippen molar-refractivity contribution in [3.63, 3.8) is 0 Å². The fourth-order valence-corrected chi connectivity index (χ4v) is 1.48. The highest BCUT2D eigenvalue weighted by Crippen LogP contribution is 2.11. The van der Waals surface area contributed by atoms with E-state index in [0.29, 0.717) is 18.1 Å². The number of nitrogens with two attached hydrogens (primary N) is 1. The van der Waals surface area contributed by atoms with E-state index in [-0.39, 0.29) is 5.82 Å². The molecule has 1 aromatic heterocycles. The fraction of sp³-hybridized carbons (Fsp3) is 0.182. The molecule has 2 N–H and O–H groups in total. The highest BCUT2D eigenvalue weighted by atomic mass is 19.1. The molecule has 2 aromatic rings. The molecule has 0 radical (unpaired) electrons. The molecule has 0 bridgehead atoms. The third-order valence-corrected chi connectivity index (χ3v) is 2.32. The summed E-state index contributed by atoms with van der Waals surface area (Å²) in [5.41, 5.74) is 7.29. The van der Waals surface area contributed by atoms with E-state index >= 15 is 0 Å². The molecule has 0 atom stereocenters. The van der Waals surface area contributed by atoms with Crippen molar-refractivity contribution in [3.05, 3.63) is 47.5 Å². The fourth-order valence-electron chi connectivity index (χ4n) is 1.48. The molecule has 0 aliphatic rings. The van der Waals surface area contributed by atoms with E-state index in [9.17, 15) is 4.39 Å². The van der Waals surface area contributed by atoms with Crippen LogP contribution in [0.3, 0.4) is 0 Å². The van der Waals surface area contributed by atoms with Crippen LogP contribution in [0.5, 0.6) is 0 Å². The first-order valence-electron chi connectivity index (χ1n) is 4.68. The van der Waals surface area contributed by atoms with Gasteiger partial charge in [-0.15, -0.1) is 0 Å².